The average Bonchev–Trinajstić information content (AvgIpc) is 2.61. The lowest BCUT2D eigenvalue weighted by molar-refractivity contribution is -0.150. The Bertz CT molecular complexity index is 842. The topological polar surface area (TPSA) is 90.6 Å². The normalized spacial score (nSPS) is 14.7. The number of benzene rings is 1. The first-order valence-electron chi connectivity index (χ1n) is 7.90. The van der Waals surface area contributed by atoms with E-state index in [0.717, 1.165) is 10.5 Å². The first-order chi connectivity index (χ1) is 12.1. The molecule has 0 atom stereocenters. The number of aromatic nitrogens is 1. The molecule has 0 unspecified atom stereocenters. The molecule has 1 aromatic heterocycles. The Morgan fingerprint density at radius 2 is 1.64 bits per heavy atom. The first-order valence-corrected chi connectivity index (χ1v) is 7.90. The van der Waals surface area contributed by atoms with E-state index in [1.165, 1.54) is 23.2 Å². The van der Waals surface area contributed by atoms with Gasteiger partial charge in [0, 0.05) is 12.7 Å². The molecule has 1 aromatic carbocycles. The summed E-state index contributed by atoms with van der Waals surface area (Å²) in [6.07, 6.45) is 1.97. The van der Waals surface area contributed by atoms with Gasteiger partial charge in [0.25, 0.3) is 11.5 Å². The van der Waals surface area contributed by atoms with E-state index >= 15 is 0 Å². The van der Waals surface area contributed by atoms with Crippen LogP contribution in [0.3, 0.4) is 0 Å². The van der Waals surface area contributed by atoms with Crippen LogP contribution in [0.15, 0.2) is 53.5 Å². The number of nitrogens with one attached hydrogen (secondary N) is 1. The summed E-state index contributed by atoms with van der Waals surface area (Å²) in [7, 11) is 0. The quantitative estimate of drug-likeness (QED) is 0.818. The fourth-order valence-corrected chi connectivity index (χ4v) is 2.73. The summed E-state index contributed by atoms with van der Waals surface area (Å²) in [6.45, 7) is -0.156. The zero-order valence-corrected chi connectivity index (χ0v) is 13.5. The highest BCUT2D eigenvalue weighted by Crippen LogP contribution is 2.10. The minimum atomic E-state index is -0.619. The van der Waals surface area contributed by atoms with Crippen LogP contribution in [0.2, 0.25) is 0 Å². The summed E-state index contributed by atoms with van der Waals surface area (Å²) in [5.41, 5.74) is 0.400. The summed E-state index contributed by atoms with van der Waals surface area (Å²) in [6, 6.07) is 12.4. The van der Waals surface area contributed by atoms with Gasteiger partial charge in [0.1, 0.15) is 18.7 Å². The molecule has 0 spiro atoms. The highest BCUT2D eigenvalue weighted by atomic mass is 16.2. The highest BCUT2D eigenvalue weighted by Gasteiger charge is 2.34. The molecule has 3 rings (SSSR count). The summed E-state index contributed by atoms with van der Waals surface area (Å²) in [5, 5.41) is 0. The van der Waals surface area contributed by atoms with Crippen LogP contribution in [-0.2, 0) is 16.0 Å². The molecule has 0 saturated carbocycles. The molecule has 128 valence electrons. The fraction of sp³-hybridized carbons (Fsp3) is 0.222. The van der Waals surface area contributed by atoms with Crippen molar-refractivity contribution in [1.29, 1.82) is 0 Å². The average molecular weight is 339 g/mol. The molecule has 0 bridgehead atoms. The smallest absolute Gasteiger partial charge is 0.260 e. The molecule has 0 radical (unpaired) electrons. The molecule has 25 heavy (non-hydrogen) atoms. The van der Waals surface area contributed by atoms with Gasteiger partial charge in [0.2, 0.25) is 11.8 Å². The minimum absolute atomic E-state index is 0.0826. The van der Waals surface area contributed by atoms with Crippen molar-refractivity contribution < 1.29 is 14.4 Å². The van der Waals surface area contributed by atoms with Gasteiger partial charge < -0.3 is 9.88 Å². The number of rotatable bonds is 4. The van der Waals surface area contributed by atoms with Crippen molar-refractivity contribution in [2.75, 3.05) is 19.6 Å². The molecule has 2 heterocycles. The van der Waals surface area contributed by atoms with Crippen molar-refractivity contribution in [2.45, 2.75) is 6.42 Å². The van der Waals surface area contributed by atoms with Crippen molar-refractivity contribution >= 4 is 17.7 Å². The van der Waals surface area contributed by atoms with E-state index in [1.807, 2.05) is 30.3 Å². The van der Waals surface area contributed by atoms with Crippen LogP contribution < -0.4 is 5.56 Å². The Morgan fingerprint density at radius 1 is 0.960 bits per heavy atom. The third-order valence-electron chi connectivity index (χ3n) is 4.06. The molecule has 2 aromatic rings. The number of aromatic amines is 1. The maximum atomic E-state index is 12.4. The second-order valence-electron chi connectivity index (χ2n) is 5.75. The standard InChI is InChI=1S/C18H17N3O4/c22-15-11-20(18(25)14-7-4-9-19-17(14)24)12-16(23)21(15)10-8-13-5-2-1-3-6-13/h1-7,9H,8,10-12H2,(H,19,24). The Balaban J connectivity index is 1.67. The predicted molar refractivity (Wildman–Crippen MR) is 89.8 cm³/mol. The first kappa shape index (κ1) is 16.6. The number of carbonyl (C=O) groups is 3. The van der Waals surface area contributed by atoms with E-state index in [0.29, 0.717) is 6.42 Å². The van der Waals surface area contributed by atoms with Crippen molar-refractivity contribution in [3.63, 3.8) is 0 Å². The summed E-state index contributed by atoms with van der Waals surface area (Å²) >= 11 is 0. The van der Waals surface area contributed by atoms with Crippen LogP contribution in [0.4, 0.5) is 0 Å². The van der Waals surface area contributed by atoms with Crippen LogP contribution in [-0.4, -0.2) is 52.1 Å². The van der Waals surface area contributed by atoms with Gasteiger partial charge in [-0.25, -0.2) is 0 Å². The van der Waals surface area contributed by atoms with Gasteiger partial charge in [-0.15, -0.1) is 0 Å². The van der Waals surface area contributed by atoms with Crippen LogP contribution in [0.25, 0.3) is 0 Å². The number of amides is 3. The monoisotopic (exact) mass is 339 g/mol. The Kier molecular flexibility index (Phi) is 4.74. The van der Waals surface area contributed by atoms with Crippen LogP contribution in [0, 0.1) is 0 Å². The molecular formula is C18H17N3O4. The van der Waals surface area contributed by atoms with Crippen molar-refractivity contribution in [1.82, 2.24) is 14.8 Å². The van der Waals surface area contributed by atoms with E-state index in [2.05, 4.69) is 4.98 Å². The molecule has 1 fully saturated rings. The molecule has 1 saturated heterocycles. The lowest BCUT2D eigenvalue weighted by Crippen LogP contribution is -2.56. The molecule has 1 N–H and O–H groups in total. The SMILES string of the molecule is O=C(c1ccc[nH]c1=O)N1CC(=O)N(CCc2ccccc2)C(=O)C1. The van der Waals surface area contributed by atoms with Gasteiger partial charge >= 0.3 is 0 Å². The highest BCUT2D eigenvalue weighted by molar-refractivity contribution is 6.05. The number of carbonyl (C=O) groups excluding carboxylic acids is 3. The van der Waals surface area contributed by atoms with Crippen molar-refractivity contribution in [3.8, 4) is 0 Å². The third-order valence-corrected chi connectivity index (χ3v) is 4.06. The summed E-state index contributed by atoms with van der Waals surface area (Å²) < 4.78 is 0. The molecule has 7 heteroatoms. The Morgan fingerprint density at radius 3 is 2.28 bits per heavy atom. The van der Waals surface area contributed by atoms with E-state index < -0.39 is 23.3 Å². The zero-order chi connectivity index (χ0) is 17.8. The van der Waals surface area contributed by atoms with Gasteiger partial charge in [0.05, 0.1) is 0 Å². The van der Waals surface area contributed by atoms with E-state index in [1.54, 1.807) is 0 Å². The number of imide groups is 1. The van der Waals surface area contributed by atoms with Crippen LogP contribution in [0.1, 0.15) is 15.9 Å². The van der Waals surface area contributed by atoms with Gasteiger partial charge in [-0.2, -0.15) is 0 Å². The van der Waals surface area contributed by atoms with Gasteiger partial charge in [0.15, 0.2) is 0 Å². The Hall–Kier alpha value is -3.22. The van der Waals surface area contributed by atoms with E-state index in [-0.39, 0.29) is 25.2 Å². The molecule has 7 nitrogen and oxygen atoms in total. The molecule has 1 aliphatic rings. The number of H-pyrrole nitrogens is 1. The molecule has 0 aliphatic carbocycles. The van der Waals surface area contributed by atoms with Crippen molar-refractivity contribution in [3.05, 3.63) is 70.1 Å². The van der Waals surface area contributed by atoms with Crippen LogP contribution >= 0.6 is 0 Å². The maximum absolute atomic E-state index is 12.4. The predicted octanol–water partition coefficient (Wildman–Crippen LogP) is 0.429. The second kappa shape index (κ2) is 7.12. The van der Waals surface area contributed by atoms with E-state index in [9.17, 15) is 19.2 Å². The van der Waals surface area contributed by atoms with Gasteiger partial charge in [-0.3, -0.25) is 24.1 Å². The largest absolute Gasteiger partial charge is 0.328 e. The number of nitrogens with zero attached hydrogens (tertiary/aromatic N) is 2. The number of pyridine rings is 1. The van der Waals surface area contributed by atoms with Gasteiger partial charge in [-0.1, -0.05) is 30.3 Å². The number of piperazine rings is 1. The zero-order valence-electron chi connectivity index (χ0n) is 13.5. The lowest BCUT2D eigenvalue weighted by atomic mass is 10.1. The van der Waals surface area contributed by atoms with Crippen molar-refractivity contribution in [2.24, 2.45) is 0 Å². The fourth-order valence-electron chi connectivity index (χ4n) is 2.73. The van der Waals surface area contributed by atoms with Gasteiger partial charge in [-0.05, 0) is 24.1 Å². The Labute approximate surface area is 143 Å². The second-order valence-corrected chi connectivity index (χ2v) is 5.75. The molecular weight excluding hydrogens is 322 g/mol. The molecule has 1 aliphatic heterocycles. The number of hydrogen-bond acceptors (Lipinski definition) is 4. The van der Waals surface area contributed by atoms with E-state index in [4.69, 9.17) is 0 Å². The number of hydrogen-bond donors (Lipinski definition) is 1. The van der Waals surface area contributed by atoms with Crippen LogP contribution in [0.5, 0.6) is 0 Å². The maximum Gasteiger partial charge on any atom is 0.260 e. The molecule has 3 amide bonds. The summed E-state index contributed by atoms with van der Waals surface area (Å²) in [5.74, 6) is -1.49. The third kappa shape index (κ3) is 3.65. The summed E-state index contributed by atoms with van der Waals surface area (Å²) in [4.78, 5) is 53.3. The minimum Gasteiger partial charge on any atom is -0.328 e. The lowest BCUT2D eigenvalue weighted by Gasteiger charge is -2.32.